The highest BCUT2D eigenvalue weighted by Gasteiger charge is 2.37. The minimum Gasteiger partial charge on any atom is -0.208 e. The summed E-state index contributed by atoms with van der Waals surface area (Å²) >= 11 is 0. The number of benzene rings is 7. The Balaban J connectivity index is 1.14. The second-order valence-corrected chi connectivity index (χ2v) is 13.6. The molecule has 9 rings (SSSR count). The van der Waals surface area contributed by atoms with E-state index in [9.17, 15) is 5.26 Å². The van der Waals surface area contributed by atoms with E-state index in [1.54, 1.807) is 0 Å². The smallest absolute Gasteiger partial charge is 0.164 e. The van der Waals surface area contributed by atoms with Gasteiger partial charge in [-0.15, -0.1) is 0 Å². The van der Waals surface area contributed by atoms with Crippen LogP contribution in [0.2, 0.25) is 0 Å². The summed E-state index contributed by atoms with van der Waals surface area (Å²) in [6.45, 7) is 4.50. The summed E-state index contributed by atoms with van der Waals surface area (Å²) in [5.74, 6) is 1.90. The molecule has 0 saturated heterocycles. The van der Waals surface area contributed by atoms with Crippen molar-refractivity contribution in [3.05, 3.63) is 174 Å². The summed E-state index contributed by atoms with van der Waals surface area (Å²) < 4.78 is 0. The molecule has 0 amide bonds. The van der Waals surface area contributed by atoms with Crippen molar-refractivity contribution in [2.45, 2.75) is 19.3 Å². The predicted octanol–water partition coefficient (Wildman–Crippen LogP) is 11.5. The molecule has 1 heterocycles. The topological polar surface area (TPSA) is 62.5 Å². The average Bonchev–Trinajstić information content (AvgIpc) is 3.43. The largest absolute Gasteiger partial charge is 0.208 e. The van der Waals surface area contributed by atoms with Crippen molar-refractivity contribution in [2.24, 2.45) is 0 Å². The van der Waals surface area contributed by atoms with Gasteiger partial charge < -0.3 is 0 Å². The minimum atomic E-state index is -0.200. The lowest BCUT2D eigenvalue weighted by Crippen LogP contribution is -2.15. The fraction of sp³-hybridized carbons (Fsp3) is 0.0638. The maximum Gasteiger partial charge on any atom is 0.164 e. The maximum absolute atomic E-state index is 9.63. The summed E-state index contributed by atoms with van der Waals surface area (Å²) in [6.07, 6.45) is 0. The zero-order valence-corrected chi connectivity index (χ0v) is 28.3. The standard InChI is InChI=1S/C47H32N4/c1-47(2)41-20-10-19-39(43(41)40-24-21-30(29-48)25-42(40)47)36-17-8-15-34(26-36)35-16-9-18-37(28-35)45-49-44(32-12-4-3-5-13-32)50-46(51-45)38-23-22-31-11-6-7-14-33(31)27-38/h3-28H,1-2H3. The van der Waals surface area contributed by atoms with Gasteiger partial charge in [-0.2, -0.15) is 5.26 Å². The van der Waals surface area contributed by atoms with Crippen molar-refractivity contribution in [3.8, 4) is 73.6 Å². The first-order chi connectivity index (χ1) is 25.0. The highest BCUT2D eigenvalue weighted by Crippen LogP contribution is 2.52. The van der Waals surface area contributed by atoms with Crippen molar-refractivity contribution in [1.82, 2.24) is 15.0 Å². The van der Waals surface area contributed by atoms with Gasteiger partial charge in [0.05, 0.1) is 11.6 Å². The molecular formula is C47H32N4. The third-order valence-electron chi connectivity index (χ3n) is 10.1. The molecule has 0 radical (unpaired) electrons. The van der Waals surface area contributed by atoms with Gasteiger partial charge in [-0.3, -0.25) is 0 Å². The molecule has 0 aliphatic heterocycles. The SMILES string of the molecule is CC1(C)c2cc(C#N)ccc2-c2c(-c3cccc(-c4cccc(-c5nc(-c6ccccc6)nc(-c6ccc7ccccc7c6)n5)c4)c3)cccc21. The lowest BCUT2D eigenvalue weighted by molar-refractivity contribution is 0.660. The van der Waals surface area contributed by atoms with Crippen molar-refractivity contribution in [1.29, 1.82) is 5.26 Å². The van der Waals surface area contributed by atoms with E-state index in [4.69, 9.17) is 15.0 Å². The molecule has 0 atom stereocenters. The highest BCUT2D eigenvalue weighted by molar-refractivity contribution is 5.93. The summed E-state index contributed by atoms with van der Waals surface area (Å²) in [7, 11) is 0. The van der Waals surface area contributed by atoms with E-state index >= 15 is 0 Å². The zero-order chi connectivity index (χ0) is 34.5. The van der Waals surface area contributed by atoms with Crippen LogP contribution in [-0.2, 0) is 5.41 Å². The van der Waals surface area contributed by atoms with Gasteiger partial charge in [0, 0.05) is 22.1 Å². The number of hydrogen-bond donors (Lipinski definition) is 0. The van der Waals surface area contributed by atoms with Gasteiger partial charge in [0.15, 0.2) is 17.5 Å². The van der Waals surface area contributed by atoms with Crippen LogP contribution in [-0.4, -0.2) is 15.0 Å². The molecule has 1 aromatic heterocycles. The molecule has 0 saturated carbocycles. The van der Waals surface area contributed by atoms with E-state index < -0.39 is 0 Å². The van der Waals surface area contributed by atoms with Gasteiger partial charge in [-0.1, -0.05) is 141 Å². The van der Waals surface area contributed by atoms with Gasteiger partial charge in [-0.25, -0.2) is 15.0 Å². The number of hydrogen-bond acceptors (Lipinski definition) is 4. The summed E-state index contributed by atoms with van der Waals surface area (Å²) in [4.78, 5) is 15.0. The third-order valence-corrected chi connectivity index (χ3v) is 10.1. The fourth-order valence-electron chi connectivity index (χ4n) is 7.48. The second-order valence-electron chi connectivity index (χ2n) is 13.6. The molecule has 240 valence electrons. The van der Waals surface area contributed by atoms with Crippen molar-refractivity contribution < 1.29 is 0 Å². The number of nitrogens with zero attached hydrogens (tertiary/aromatic N) is 4. The van der Waals surface area contributed by atoms with Crippen LogP contribution in [0.5, 0.6) is 0 Å². The average molecular weight is 653 g/mol. The lowest BCUT2D eigenvalue weighted by atomic mass is 9.81. The predicted molar refractivity (Wildman–Crippen MR) is 207 cm³/mol. The van der Waals surface area contributed by atoms with Crippen LogP contribution in [0.1, 0.15) is 30.5 Å². The Morgan fingerprint density at radius 1 is 0.431 bits per heavy atom. The third kappa shape index (κ3) is 5.28. The molecule has 4 nitrogen and oxygen atoms in total. The van der Waals surface area contributed by atoms with Crippen molar-refractivity contribution in [2.75, 3.05) is 0 Å². The van der Waals surface area contributed by atoms with Gasteiger partial charge in [-0.05, 0) is 85.6 Å². The lowest BCUT2D eigenvalue weighted by Gasteiger charge is -2.21. The number of aromatic nitrogens is 3. The monoisotopic (exact) mass is 652 g/mol. The Morgan fingerprint density at radius 3 is 1.76 bits per heavy atom. The molecule has 8 aromatic rings. The van der Waals surface area contributed by atoms with Crippen LogP contribution in [0.4, 0.5) is 0 Å². The van der Waals surface area contributed by atoms with Crippen LogP contribution < -0.4 is 0 Å². The molecule has 1 aliphatic rings. The molecule has 7 aromatic carbocycles. The van der Waals surface area contributed by atoms with Crippen LogP contribution >= 0.6 is 0 Å². The van der Waals surface area contributed by atoms with Crippen LogP contribution in [0.3, 0.4) is 0 Å². The molecule has 1 aliphatic carbocycles. The van der Waals surface area contributed by atoms with Crippen LogP contribution in [0, 0.1) is 11.3 Å². The van der Waals surface area contributed by atoms with E-state index in [2.05, 4.69) is 141 Å². The number of rotatable bonds is 5. The Hall–Kier alpha value is -6.70. The first-order valence-electron chi connectivity index (χ1n) is 17.2. The first kappa shape index (κ1) is 30.4. The van der Waals surface area contributed by atoms with Crippen LogP contribution in [0.25, 0.3) is 78.3 Å². The summed E-state index contributed by atoms with van der Waals surface area (Å²) in [5.41, 5.74) is 12.7. The Kier molecular flexibility index (Phi) is 7.15. The van der Waals surface area contributed by atoms with E-state index in [-0.39, 0.29) is 5.41 Å². The quantitative estimate of drug-likeness (QED) is 0.186. The zero-order valence-electron chi connectivity index (χ0n) is 28.3. The highest BCUT2D eigenvalue weighted by atomic mass is 15.0. The summed E-state index contributed by atoms with van der Waals surface area (Å²) in [6, 6.07) is 57.0. The molecule has 0 unspecified atom stereocenters. The summed E-state index contributed by atoms with van der Waals surface area (Å²) in [5, 5.41) is 11.9. The maximum atomic E-state index is 9.63. The molecule has 0 N–H and O–H groups in total. The second kappa shape index (κ2) is 12.0. The normalized spacial score (nSPS) is 12.6. The van der Waals surface area contributed by atoms with Gasteiger partial charge >= 0.3 is 0 Å². The van der Waals surface area contributed by atoms with Gasteiger partial charge in [0.25, 0.3) is 0 Å². The van der Waals surface area contributed by atoms with Crippen LogP contribution in [0.15, 0.2) is 158 Å². The molecular weight excluding hydrogens is 621 g/mol. The number of nitriles is 1. The van der Waals surface area contributed by atoms with Gasteiger partial charge in [0.1, 0.15) is 0 Å². The molecule has 4 heteroatoms. The molecule has 0 bridgehead atoms. The fourth-order valence-corrected chi connectivity index (χ4v) is 7.48. The molecule has 51 heavy (non-hydrogen) atoms. The van der Waals surface area contributed by atoms with E-state index in [0.29, 0.717) is 23.0 Å². The first-order valence-corrected chi connectivity index (χ1v) is 17.2. The molecule has 0 fully saturated rings. The Labute approximate surface area is 297 Å². The molecule has 0 spiro atoms. The number of fused-ring (bicyclic) bond motifs is 4. The van der Waals surface area contributed by atoms with E-state index in [1.807, 2.05) is 36.4 Å². The Morgan fingerprint density at radius 2 is 1.02 bits per heavy atom. The van der Waals surface area contributed by atoms with Crippen molar-refractivity contribution in [3.63, 3.8) is 0 Å². The minimum absolute atomic E-state index is 0.200. The van der Waals surface area contributed by atoms with E-state index in [0.717, 1.165) is 38.8 Å². The van der Waals surface area contributed by atoms with Gasteiger partial charge in [0.2, 0.25) is 0 Å². The van der Waals surface area contributed by atoms with Crippen molar-refractivity contribution >= 4 is 10.8 Å². The Bertz CT molecular complexity index is 2680. The van der Waals surface area contributed by atoms with E-state index in [1.165, 1.54) is 33.2 Å².